The van der Waals surface area contributed by atoms with Crippen LogP contribution in [0.5, 0.6) is 0 Å². The third-order valence-electron chi connectivity index (χ3n) is 4.02. The fraction of sp³-hybridized carbons (Fsp3) is 0.533. The van der Waals surface area contributed by atoms with Crippen LogP contribution in [0.1, 0.15) is 30.4 Å². The number of hydroxylamine groups is 3. The lowest BCUT2D eigenvalue weighted by molar-refractivity contribution is -0.881. The number of amides is 1. The quantitative estimate of drug-likeness (QED) is 0.658. The molecule has 1 aromatic rings. The molecule has 0 radical (unpaired) electrons. The molecule has 4 heteroatoms. The molecule has 0 saturated carbocycles. The summed E-state index contributed by atoms with van der Waals surface area (Å²) in [5.41, 5.74) is 2.91. The third-order valence-corrected chi connectivity index (χ3v) is 4.02. The molecular formula is C15H22N2O2. The van der Waals surface area contributed by atoms with Crippen LogP contribution in [0.25, 0.3) is 0 Å². The standard InChI is InChI=1S/C15H22N2O2/c1-11-7-6-8-12(2)14(11)16-15(18)13-9-4-5-10-17(13,3)19/h6-8,13H,4-5,9-10H2,1-3H3,(H,16,18)/t13-,17?/m1/s1. The molecule has 1 unspecified atom stereocenters. The first-order valence-corrected chi connectivity index (χ1v) is 6.85. The van der Waals surface area contributed by atoms with E-state index in [9.17, 15) is 10.0 Å². The SMILES string of the molecule is Cc1cccc(C)c1NC(=O)[C@H]1CCCC[N+]1(C)[O-]. The molecule has 0 bridgehead atoms. The number of carbonyl (C=O) groups excluding carboxylic acids is 1. The van der Waals surface area contributed by atoms with Crippen molar-refractivity contribution in [1.82, 2.24) is 0 Å². The van der Waals surface area contributed by atoms with E-state index in [1.165, 1.54) is 0 Å². The Morgan fingerprint density at radius 2 is 1.95 bits per heavy atom. The highest BCUT2D eigenvalue weighted by Gasteiger charge is 2.34. The first kappa shape index (κ1) is 14.0. The third kappa shape index (κ3) is 2.96. The first-order chi connectivity index (χ1) is 8.92. The van der Waals surface area contributed by atoms with Crippen LogP contribution in [0.3, 0.4) is 0 Å². The van der Waals surface area contributed by atoms with Gasteiger partial charge in [-0.15, -0.1) is 0 Å². The number of rotatable bonds is 2. The monoisotopic (exact) mass is 262 g/mol. The number of hydrogen-bond donors (Lipinski definition) is 1. The maximum absolute atomic E-state index is 12.4. The lowest BCUT2D eigenvalue weighted by atomic mass is 10.0. The number of piperidine rings is 1. The molecule has 0 aromatic heterocycles. The van der Waals surface area contributed by atoms with Crippen LogP contribution >= 0.6 is 0 Å². The Labute approximate surface area is 114 Å². The average Bonchev–Trinajstić information content (AvgIpc) is 2.33. The topological polar surface area (TPSA) is 52.2 Å². The minimum Gasteiger partial charge on any atom is -0.632 e. The molecule has 1 N–H and O–H groups in total. The van der Waals surface area contributed by atoms with Gasteiger partial charge in [0.05, 0.1) is 13.6 Å². The van der Waals surface area contributed by atoms with Crippen molar-refractivity contribution in [1.29, 1.82) is 0 Å². The highest BCUT2D eigenvalue weighted by molar-refractivity contribution is 5.95. The van der Waals surface area contributed by atoms with E-state index in [-0.39, 0.29) is 5.91 Å². The van der Waals surface area contributed by atoms with Gasteiger partial charge in [0, 0.05) is 12.1 Å². The number of likely N-dealkylation sites (N-methyl/N-ethyl adjacent to an activating group) is 1. The second-order valence-electron chi connectivity index (χ2n) is 5.67. The highest BCUT2D eigenvalue weighted by atomic mass is 16.5. The second kappa shape index (κ2) is 5.31. The summed E-state index contributed by atoms with van der Waals surface area (Å²) in [6.45, 7) is 4.47. The number of nitrogens with zero attached hydrogens (tertiary/aromatic N) is 1. The van der Waals surface area contributed by atoms with Crippen LogP contribution in [-0.2, 0) is 4.79 Å². The van der Waals surface area contributed by atoms with Crippen LogP contribution in [0.2, 0.25) is 0 Å². The van der Waals surface area contributed by atoms with E-state index in [4.69, 9.17) is 0 Å². The average molecular weight is 262 g/mol. The Hall–Kier alpha value is -1.39. The van der Waals surface area contributed by atoms with Crippen LogP contribution in [0, 0.1) is 19.1 Å². The molecule has 1 saturated heterocycles. The zero-order chi connectivity index (χ0) is 14.0. The van der Waals surface area contributed by atoms with Gasteiger partial charge in [-0.25, -0.2) is 0 Å². The zero-order valence-corrected chi connectivity index (χ0v) is 11.9. The van der Waals surface area contributed by atoms with Gasteiger partial charge in [-0.2, -0.15) is 0 Å². The fourth-order valence-corrected chi connectivity index (χ4v) is 2.79. The van der Waals surface area contributed by atoms with E-state index < -0.39 is 10.7 Å². The summed E-state index contributed by atoms with van der Waals surface area (Å²) >= 11 is 0. The van der Waals surface area contributed by atoms with Crippen molar-refractivity contribution < 1.29 is 9.44 Å². The van der Waals surface area contributed by atoms with Gasteiger partial charge in [0.2, 0.25) is 0 Å². The van der Waals surface area contributed by atoms with Gasteiger partial charge in [0.15, 0.2) is 6.04 Å². The van der Waals surface area contributed by atoms with E-state index in [1.54, 1.807) is 7.05 Å². The zero-order valence-electron chi connectivity index (χ0n) is 11.9. The molecule has 1 aromatic carbocycles. The van der Waals surface area contributed by atoms with E-state index >= 15 is 0 Å². The van der Waals surface area contributed by atoms with Gasteiger partial charge < -0.3 is 15.2 Å². The summed E-state index contributed by atoms with van der Waals surface area (Å²) in [4.78, 5) is 12.4. The number of aryl methyl sites for hydroxylation is 2. The van der Waals surface area contributed by atoms with Crippen molar-refractivity contribution in [3.63, 3.8) is 0 Å². The summed E-state index contributed by atoms with van der Waals surface area (Å²) in [5, 5.41) is 15.3. The number of para-hydroxylation sites is 1. The molecule has 1 heterocycles. The summed E-state index contributed by atoms with van der Waals surface area (Å²) in [6, 6.07) is 5.42. The number of nitrogens with one attached hydrogen (secondary N) is 1. The van der Waals surface area contributed by atoms with Crippen molar-refractivity contribution in [2.45, 2.75) is 39.2 Å². The van der Waals surface area contributed by atoms with Gasteiger partial charge in [0.1, 0.15) is 0 Å². The molecule has 104 valence electrons. The van der Waals surface area contributed by atoms with Gasteiger partial charge >= 0.3 is 0 Å². The Balaban J connectivity index is 2.17. The van der Waals surface area contributed by atoms with Crippen molar-refractivity contribution in [3.8, 4) is 0 Å². The smallest absolute Gasteiger partial charge is 0.283 e. The summed E-state index contributed by atoms with van der Waals surface area (Å²) in [7, 11) is 1.61. The second-order valence-corrected chi connectivity index (χ2v) is 5.67. The molecule has 19 heavy (non-hydrogen) atoms. The predicted molar refractivity (Wildman–Crippen MR) is 76.6 cm³/mol. The summed E-state index contributed by atoms with van der Waals surface area (Å²) in [6.07, 6.45) is 2.55. The van der Waals surface area contributed by atoms with Gasteiger partial charge in [0.25, 0.3) is 5.91 Å². The molecule has 1 aliphatic heterocycles. The predicted octanol–water partition coefficient (Wildman–Crippen LogP) is 2.74. The van der Waals surface area contributed by atoms with Crippen LogP contribution < -0.4 is 5.32 Å². The van der Waals surface area contributed by atoms with Crippen LogP contribution in [0.15, 0.2) is 18.2 Å². The van der Waals surface area contributed by atoms with Crippen molar-refractivity contribution in [2.75, 3.05) is 18.9 Å². The van der Waals surface area contributed by atoms with Gasteiger partial charge in [-0.05, 0) is 37.8 Å². The van der Waals surface area contributed by atoms with Crippen molar-refractivity contribution >= 4 is 11.6 Å². The Morgan fingerprint density at radius 3 is 2.53 bits per heavy atom. The maximum Gasteiger partial charge on any atom is 0.283 e. The number of quaternary nitrogens is 1. The molecule has 2 rings (SSSR count). The Morgan fingerprint density at radius 1 is 1.32 bits per heavy atom. The molecule has 1 aliphatic rings. The van der Waals surface area contributed by atoms with Crippen molar-refractivity contribution in [3.05, 3.63) is 34.5 Å². The molecular weight excluding hydrogens is 240 g/mol. The van der Waals surface area contributed by atoms with Gasteiger partial charge in [-0.1, -0.05) is 18.2 Å². The van der Waals surface area contributed by atoms with E-state index in [0.29, 0.717) is 13.0 Å². The van der Waals surface area contributed by atoms with E-state index in [1.807, 2.05) is 32.0 Å². The lowest BCUT2D eigenvalue weighted by Gasteiger charge is -2.47. The molecule has 1 fully saturated rings. The Kier molecular flexibility index (Phi) is 3.92. The summed E-state index contributed by atoms with van der Waals surface area (Å²) in [5.74, 6) is -0.144. The number of likely N-dealkylation sites (tertiary alicyclic amines) is 1. The van der Waals surface area contributed by atoms with Crippen LogP contribution in [0.4, 0.5) is 5.69 Å². The van der Waals surface area contributed by atoms with Crippen molar-refractivity contribution in [2.24, 2.45) is 0 Å². The number of anilines is 1. The minimum atomic E-state index is -0.479. The molecule has 0 spiro atoms. The van der Waals surface area contributed by atoms with E-state index in [0.717, 1.165) is 29.7 Å². The molecule has 4 nitrogen and oxygen atoms in total. The fourth-order valence-electron chi connectivity index (χ4n) is 2.79. The minimum absolute atomic E-state index is 0.144. The van der Waals surface area contributed by atoms with Gasteiger partial charge in [-0.3, -0.25) is 4.79 Å². The molecule has 0 aliphatic carbocycles. The normalized spacial score (nSPS) is 27.1. The highest BCUT2D eigenvalue weighted by Crippen LogP contribution is 2.25. The molecule has 1 amide bonds. The maximum atomic E-state index is 12.4. The van der Waals surface area contributed by atoms with E-state index in [2.05, 4.69) is 5.32 Å². The lowest BCUT2D eigenvalue weighted by Crippen LogP contribution is -2.55. The largest absolute Gasteiger partial charge is 0.632 e. The van der Waals surface area contributed by atoms with Crippen LogP contribution in [-0.4, -0.2) is 30.2 Å². The molecule has 2 atom stereocenters. The Bertz CT molecular complexity index is 463. The summed E-state index contributed by atoms with van der Waals surface area (Å²) < 4.78 is -0.448. The number of carbonyl (C=O) groups is 1. The first-order valence-electron chi connectivity index (χ1n) is 6.85. The number of benzene rings is 1. The number of hydrogen-bond acceptors (Lipinski definition) is 2.